The van der Waals surface area contributed by atoms with Crippen LogP contribution in [-0.4, -0.2) is 58.7 Å². The number of rotatable bonds is 8. The number of azo groups is 1. The van der Waals surface area contributed by atoms with E-state index in [1.165, 1.54) is 0 Å². The second-order valence-electron chi connectivity index (χ2n) is 8.23. The molecule has 2 aromatic heterocycles. The van der Waals surface area contributed by atoms with Crippen molar-refractivity contribution in [3.63, 3.8) is 0 Å². The summed E-state index contributed by atoms with van der Waals surface area (Å²) in [5.41, 5.74) is -3.42. The van der Waals surface area contributed by atoms with Gasteiger partial charge in [0.1, 0.15) is 41.1 Å². The van der Waals surface area contributed by atoms with Crippen LogP contribution in [0.5, 0.6) is 11.6 Å². The van der Waals surface area contributed by atoms with Crippen LogP contribution in [0.1, 0.15) is 5.69 Å². The number of hydrogen-bond donors (Lipinski definition) is 1. The molecule has 0 spiro atoms. The van der Waals surface area contributed by atoms with Gasteiger partial charge in [0.25, 0.3) is 0 Å². The van der Waals surface area contributed by atoms with Gasteiger partial charge in [0.05, 0.1) is 31.8 Å². The van der Waals surface area contributed by atoms with Crippen molar-refractivity contribution in [1.29, 1.82) is 0 Å². The van der Waals surface area contributed by atoms with Gasteiger partial charge in [0, 0.05) is 11.6 Å². The fourth-order valence-electron chi connectivity index (χ4n) is 3.41. The van der Waals surface area contributed by atoms with Gasteiger partial charge in [0.15, 0.2) is 11.0 Å². The van der Waals surface area contributed by atoms with Gasteiger partial charge in [-0.1, -0.05) is 29.0 Å². The molecular weight excluding hydrogens is 849 g/mol. The molecule has 0 amide bonds. The molecule has 0 unspecified atom stereocenters. The predicted octanol–water partition coefficient (Wildman–Crippen LogP) is -7.04. The van der Waals surface area contributed by atoms with Gasteiger partial charge in [-0.05, 0) is 48.9 Å². The summed E-state index contributed by atoms with van der Waals surface area (Å²) < 4.78 is 105. The average Bonchev–Trinajstić information content (AvgIpc) is 3.18. The second kappa shape index (κ2) is 18.1. The number of nitrogens with one attached hydrogen (secondary N) is 1. The monoisotopic (exact) mass is 856 g/mol. The molecule has 4 aromatic rings. The molecule has 0 atom stereocenters. The Bertz CT molecular complexity index is 2230. The molecule has 2 aromatic carbocycles. The Kier molecular flexibility index (Phi) is 18.0. The van der Waals surface area contributed by atoms with E-state index >= 15 is 0 Å². The summed E-state index contributed by atoms with van der Waals surface area (Å²) in [6, 6.07) is 2.59. The van der Waals surface area contributed by atoms with E-state index in [4.69, 9.17) is 34.8 Å². The maximum atomic E-state index is 13.1. The standard InChI is InChI=1S/C20H14Cl3N7O11S3.Cu.3Na/c1-7-15(19(32)30(29-7)12-6-8(42(33,34)35)2-3-13(12)44(39,40)41)28-27-11-5-9(43(36,37)38)4-10(16(11)31)24-18-14(21)17(22)25-20(23)26-18;;;;/h2-6,31-32H,1H3,(H,24,25,26)(H,33,34,35)(H,36,37,38)(H,39,40,41);;;;/q;+2;3*+1/p-5. The summed E-state index contributed by atoms with van der Waals surface area (Å²) in [7, 11) is -15.8. The summed E-state index contributed by atoms with van der Waals surface area (Å²) in [6.07, 6.45) is 0. The molecule has 2 heterocycles. The Balaban J connectivity index is 0.00000552. The third-order valence-electron chi connectivity index (χ3n) is 5.33. The number of aromatic nitrogens is 4. The third-order valence-corrected chi connectivity index (χ3v) is 8.76. The molecule has 1 N–H and O–H groups in total. The van der Waals surface area contributed by atoms with Gasteiger partial charge in [-0.2, -0.15) is 15.2 Å². The molecule has 48 heavy (non-hydrogen) atoms. The molecule has 243 valence electrons. The molecule has 0 bridgehead atoms. The zero-order chi connectivity index (χ0) is 32.9. The minimum absolute atomic E-state index is 0. The molecule has 0 aliphatic heterocycles. The summed E-state index contributed by atoms with van der Waals surface area (Å²) in [5, 5.41) is 38.2. The fraction of sp³-hybridized carbons (Fsp3) is 0.0500. The van der Waals surface area contributed by atoms with E-state index in [1.54, 1.807) is 0 Å². The smallest absolute Gasteiger partial charge is 0.870 e. The summed E-state index contributed by atoms with van der Waals surface area (Å²) in [6.45, 7) is 1.14. The first kappa shape index (κ1) is 47.8. The largest absolute Gasteiger partial charge is 2.00 e. The minimum Gasteiger partial charge on any atom is -0.870 e. The molecule has 0 aliphatic rings. The van der Waals surface area contributed by atoms with Gasteiger partial charge in [-0.3, -0.25) is 0 Å². The van der Waals surface area contributed by atoms with Gasteiger partial charge < -0.3 is 29.2 Å². The van der Waals surface area contributed by atoms with Gasteiger partial charge in [-0.25, -0.2) is 34.9 Å². The van der Waals surface area contributed by atoms with E-state index in [1.807, 2.05) is 0 Å². The Morgan fingerprint density at radius 1 is 0.812 bits per heavy atom. The maximum Gasteiger partial charge on any atom is 2.00 e. The molecule has 0 saturated heterocycles. The molecule has 28 heteroatoms. The molecular formula is C20H9Cl3CuN7Na3O11S3. The van der Waals surface area contributed by atoms with Crippen molar-refractivity contribution in [1.82, 2.24) is 19.7 Å². The average molecular weight is 858 g/mol. The fourth-order valence-corrected chi connectivity index (χ4v) is 5.57. The van der Waals surface area contributed by atoms with Gasteiger partial charge >= 0.3 is 106 Å². The van der Waals surface area contributed by atoms with E-state index in [0.717, 1.165) is 6.92 Å². The van der Waals surface area contributed by atoms with Crippen LogP contribution in [-0.2, 0) is 47.4 Å². The van der Waals surface area contributed by atoms with Crippen LogP contribution in [0.15, 0.2) is 55.2 Å². The van der Waals surface area contributed by atoms with E-state index in [9.17, 15) is 49.1 Å². The first-order valence-electron chi connectivity index (χ1n) is 10.9. The number of benzene rings is 2. The number of halogens is 3. The number of anilines is 2. The van der Waals surface area contributed by atoms with Crippen molar-refractivity contribution in [2.24, 2.45) is 10.2 Å². The minimum atomic E-state index is -5.35. The maximum absolute atomic E-state index is 13.1. The molecule has 0 aliphatic carbocycles. The molecule has 1 radical (unpaired) electrons. The Hall–Kier alpha value is -0.151. The zero-order valence-corrected chi connectivity index (χ0v) is 35.9. The van der Waals surface area contributed by atoms with Crippen LogP contribution in [0.2, 0.25) is 15.5 Å². The first-order chi connectivity index (χ1) is 20.2. The SMILES string of the molecule is Cc1nn(-c2cc(S(=O)(=O)[O-])ccc2S(=O)(=O)[O-])c([O-])c1N=Nc1cc(S(=O)(=O)[O-])cc(Nc2nc(Cl)nc(Cl)c2Cl)c1[O-].[Cu+2].[Na+].[Na+].[Na+]. The van der Waals surface area contributed by atoms with Crippen LogP contribution in [0.3, 0.4) is 0 Å². The molecule has 0 fully saturated rings. The van der Waals surface area contributed by atoms with Crippen LogP contribution >= 0.6 is 34.8 Å². The Labute approximate surface area is 363 Å². The quantitative estimate of drug-likeness (QED) is 0.0566. The van der Waals surface area contributed by atoms with E-state index in [2.05, 4.69) is 30.6 Å². The summed E-state index contributed by atoms with van der Waals surface area (Å²) in [4.78, 5) is 4.16. The van der Waals surface area contributed by atoms with Gasteiger partial charge in [0.2, 0.25) is 5.28 Å². The number of hydrogen-bond acceptors (Lipinski definition) is 17. The van der Waals surface area contributed by atoms with Crippen molar-refractivity contribution in [3.05, 3.63) is 51.5 Å². The van der Waals surface area contributed by atoms with Crippen molar-refractivity contribution < 1.29 is 155 Å². The predicted molar refractivity (Wildman–Crippen MR) is 142 cm³/mol. The van der Waals surface area contributed by atoms with Crippen molar-refractivity contribution in [3.8, 4) is 17.3 Å². The second-order valence-corrected chi connectivity index (χ2v) is 13.4. The first-order valence-corrected chi connectivity index (χ1v) is 16.3. The van der Waals surface area contributed by atoms with Crippen LogP contribution in [0.25, 0.3) is 5.69 Å². The topological polar surface area (TPSA) is 298 Å². The Morgan fingerprint density at radius 3 is 1.94 bits per heavy atom. The number of nitrogens with zero attached hydrogens (tertiary/aromatic N) is 6. The van der Waals surface area contributed by atoms with E-state index < -0.39 is 84.7 Å². The van der Waals surface area contributed by atoms with Crippen LogP contribution in [0.4, 0.5) is 22.9 Å². The zero-order valence-electron chi connectivity index (χ0n) is 24.2. The molecule has 0 saturated carbocycles. The van der Waals surface area contributed by atoms with E-state index in [-0.39, 0.29) is 132 Å². The van der Waals surface area contributed by atoms with Gasteiger partial charge in [-0.15, -0.1) is 5.11 Å². The summed E-state index contributed by atoms with van der Waals surface area (Å²) >= 11 is 17.5. The van der Waals surface area contributed by atoms with Crippen molar-refractivity contribution in [2.75, 3.05) is 5.32 Å². The number of aryl methyl sites for hydroxylation is 1. The third kappa shape index (κ3) is 10.9. The Morgan fingerprint density at radius 2 is 1.40 bits per heavy atom. The van der Waals surface area contributed by atoms with E-state index in [0.29, 0.717) is 30.3 Å². The van der Waals surface area contributed by atoms with Crippen LogP contribution < -0.4 is 104 Å². The molecule has 18 nitrogen and oxygen atoms in total. The summed E-state index contributed by atoms with van der Waals surface area (Å²) in [5.74, 6) is -2.80. The van der Waals surface area contributed by atoms with Crippen molar-refractivity contribution >= 4 is 88.0 Å². The normalized spacial score (nSPS) is 11.6. The van der Waals surface area contributed by atoms with Crippen LogP contribution in [0, 0.1) is 6.92 Å². The molecule has 4 rings (SSSR count). The van der Waals surface area contributed by atoms with Crippen molar-refractivity contribution in [2.45, 2.75) is 21.6 Å².